The first-order chi connectivity index (χ1) is 12.1. The third-order valence-electron chi connectivity index (χ3n) is 4.13. The molecule has 2 aromatic rings. The molecular weight excluding hydrogens is 314 g/mol. The van der Waals surface area contributed by atoms with Crippen LogP contribution in [0.5, 0.6) is 5.75 Å². The Bertz CT molecular complexity index is 725. The van der Waals surface area contributed by atoms with E-state index in [1.54, 1.807) is 6.92 Å². The van der Waals surface area contributed by atoms with Crippen LogP contribution in [0, 0.1) is 6.92 Å². The molecule has 134 valence electrons. The van der Waals surface area contributed by atoms with E-state index in [1.807, 2.05) is 25.1 Å². The molecule has 0 bridgehead atoms. The Morgan fingerprint density at radius 3 is 2.32 bits per heavy atom. The summed E-state index contributed by atoms with van der Waals surface area (Å²) in [6, 6.07) is 12.3. The van der Waals surface area contributed by atoms with E-state index in [1.165, 1.54) is 5.56 Å². The standard InChI is InChI=1S/C21H27NO3/c1-5-16-9-11-20(15(4)12-16)25-14-18-10-8-17(6-2)13-19(18)22-21(23)24-7-3/h8-13H,5-7,14H2,1-4H3,(H,22,23). The molecule has 0 fully saturated rings. The van der Waals surface area contributed by atoms with Gasteiger partial charge in [-0.25, -0.2) is 4.79 Å². The highest BCUT2D eigenvalue weighted by Gasteiger charge is 2.10. The van der Waals surface area contributed by atoms with Gasteiger partial charge in [0.25, 0.3) is 0 Å². The van der Waals surface area contributed by atoms with Gasteiger partial charge in [0.15, 0.2) is 0 Å². The Labute approximate surface area is 150 Å². The molecule has 0 saturated heterocycles. The largest absolute Gasteiger partial charge is 0.489 e. The quantitative estimate of drug-likeness (QED) is 0.746. The Morgan fingerprint density at radius 2 is 1.68 bits per heavy atom. The summed E-state index contributed by atoms with van der Waals surface area (Å²) in [5, 5.41) is 2.81. The number of nitrogens with one attached hydrogen (secondary N) is 1. The predicted molar refractivity (Wildman–Crippen MR) is 101 cm³/mol. The van der Waals surface area contributed by atoms with Crippen molar-refractivity contribution in [1.82, 2.24) is 0 Å². The average Bonchev–Trinajstić information content (AvgIpc) is 2.61. The van der Waals surface area contributed by atoms with Crippen LogP contribution in [0.2, 0.25) is 0 Å². The van der Waals surface area contributed by atoms with Crippen molar-refractivity contribution in [2.75, 3.05) is 11.9 Å². The molecule has 0 heterocycles. The van der Waals surface area contributed by atoms with Crippen LogP contribution in [0.25, 0.3) is 0 Å². The molecule has 0 radical (unpaired) electrons. The van der Waals surface area contributed by atoms with E-state index in [4.69, 9.17) is 9.47 Å². The Morgan fingerprint density at radius 1 is 1.00 bits per heavy atom. The molecule has 4 heteroatoms. The van der Waals surface area contributed by atoms with Crippen molar-refractivity contribution < 1.29 is 14.3 Å². The van der Waals surface area contributed by atoms with Crippen LogP contribution in [-0.2, 0) is 24.2 Å². The predicted octanol–water partition coefficient (Wildman–Crippen LogP) is 5.27. The number of aryl methyl sites for hydroxylation is 3. The number of hydrogen-bond donors (Lipinski definition) is 1. The van der Waals surface area contributed by atoms with Crippen LogP contribution >= 0.6 is 0 Å². The van der Waals surface area contributed by atoms with Crippen LogP contribution < -0.4 is 10.1 Å². The van der Waals surface area contributed by atoms with Crippen molar-refractivity contribution in [3.05, 3.63) is 58.7 Å². The van der Waals surface area contributed by atoms with Crippen molar-refractivity contribution in [3.63, 3.8) is 0 Å². The molecule has 0 aliphatic heterocycles. The first-order valence-electron chi connectivity index (χ1n) is 8.85. The summed E-state index contributed by atoms with van der Waals surface area (Å²) in [6.45, 7) is 8.78. The van der Waals surface area contributed by atoms with Gasteiger partial charge in [-0.3, -0.25) is 5.32 Å². The minimum absolute atomic E-state index is 0.341. The fourth-order valence-electron chi connectivity index (χ4n) is 2.61. The molecule has 2 rings (SSSR count). The smallest absolute Gasteiger partial charge is 0.411 e. The molecule has 0 spiro atoms. The lowest BCUT2D eigenvalue weighted by Crippen LogP contribution is -2.15. The fraction of sp³-hybridized carbons (Fsp3) is 0.381. The number of carbonyl (C=O) groups excluding carboxylic acids is 1. The van der Waals surface area contributed by atoms with Gasteiger partial charge in [0, 0.05) is 5.56 Å². The number of carbonyl (C=O) groups is 1. The summed E-state index contributed by atoms with van der Waals surface area (Å²) in [5.41, 5.74) is 5.22. The molecule has 2 aromatic carbocycles. The van der Waals surface area contributed by atoms with Gasteiger partial charge in [-0.05, 0) is 55.5 Å². The lowest BCUT2D eigenvalue weighted by Gasteiger charge is -2.15. The van der Waals surface area contributed by atoms with Crippen LogP contribution in [0.4, 0.5) is 10.5 Å². The summed E-state index contributed by atoms with van der Waals surface area (Å²) in [6.07, 6.45) is 1.46. The monoisotopic (exact) mass is 341 g/mol. The van der Waals surface area contributed by atoms with E-state index >= 15 is 0 Å². The Hall–Kier alpha value is -2.49. The van der Waals surface area contributed by atoms with Gasteiger partial charge in [0.1, 0.15) is 12.4 Å². The third kappa shape index (κ3) is 5.24. The maximum absolute atomic E-state index is 11.8. The van der Waals surface area contributed by atoms with E-state index < -0.39 is 6.09 Å². The number of ether oxygens (including phenoxy) is 2. The second kappa shape index (κ2) is 9.11. The van der Waals surface area contributed by atoms with E-state index in [0.717, 1.165) is 41.0 Å². The second-order valence-electron chi connectivity index (χ2n) is 5.93. The Kier molecular flexibility index (Phi) is 6.87. The molecule has 0 aliphatic carbocycles. The minimum atomic E-state index is -0.444. The van der Waals surface area contributed by atoms with Gasteiger partial charge in [-0.2, -0.15) is 0 Å². The average molecular weight is 341 g/mol. The van der Waals surface area contributed by atoms with E-state index in [9.17, 15) is 4.79 Å². The van der Waals surface area contributed by atoms with Crippen molar-refractivity contribution in [2.24, 2.45) is 0 Å². The van der Waals surface area contributed by atoms with E-state index in [-0.39, 0.29) is 0 Å². The maximum Gasteiger partial charge on any atom is 0.411 e. The zero-order valence-corrected chi connectivity index (χ0v) is 15.5. The number of amides is 1. The summed E-state index contributed by atoms with van der Waals surface area (Å²) in [7, 11) is 0. The van der Waals surface area contributed by atoms with Gasteiger partial charge in [0.05, 0.1) is 12.3 Å². The van der Waals surface area contributed by atoms with Crippen LogP contribution in [0.3, 0.4) is 0 Å². The van der Waals surface area contributed by atoms with Crippen molar-refractivity contribution in [2.45, 2.75) is 47.1 Å². The molecule has 0 atom stereocenters. The van der Waals surface area contributed by atoms with Gasteiger partial charge < -0.3 is 9.47 Å². The lowest BCUT2D eigenvalue weighted by atomic mass is 10.1. The Balaban J connectivity index is 2.16. The fourth-order valence-corrected chi connectivity index (χ4v) is 2.61. The molecule has 4 nitrogen and oxygen atoms in total. The summed E-state index contributed by atoms with van der Waals surface area (Å²) in [5.74, 6) is 0.860. The van der Waals surface area contributed by atoms with Gasteiger partial charge in [-0.1, -0.05) is 38.1 Å². The molecule has 0 unspecified atom stereocenters. The lowest BCUT2D eigenvalue weighted by molar-refractivity contribution is 0.168. The molecule has 0 aromatic heterocycles. The van der Waals surface area contributed by atoms with Gasteiger partial charge >= 0.3 is 6.09 Å². The van der Waals surface area contributed by atoms with E-state index in [0.29, 0.717) is 13.2 Å². The normalized spacial score (nSPS) is 10.4. The molecule has 1 N–H and O–H groups in total. The number of rotatable bonds is 7. The zero-order chi connectivity index (χ0) is 18.2. The first-order valence-corrected chi connectivity index (χ1v) is 8.85. The minimum Gasteiger partial charge on any atom is -0.489 e. The highest BCUT2D eigenvalue weighted by atomic mass is 16.5. The third-order valence-corrected chi connectivity index (χ3v) is 4.13. The first kappa shape index (κ1) is 18.8. The number of hydrogen-bond acceptors (Lipinski definition) is 3. The summed E-state index contributed by atoms with van der Waals surface area (Å²) >= 11 is 0. The van der Waals surface area contributed by atoms with Crippen LogP contribution in [-0.4, -0.2) is 12.7 Å². The van der Waals surface area contributed by atoms with Crippen molar-refractivity contribution >= 4 is 11.8 Å². The molecule has 25 heavy (non-hydrogen) atoms. The topological polar surface area (TPSA) is 47.6 Å². The van der Waals surface area contributed by atoms with Gasteiger partial charge in [0.2, 0.25) is 0 Å². The highest BCUT2D eigenvalue weighted by molar-refractivity contribution is 5.85. The summed E-state index contributed by atoms with van der Waals surface area (Å²) in [4.78, 5) is 11.8. The molecule has 0 saturated carbocycles. The second-order valence-corrected chi connectivity index (χ2v) is 5.93. The molecular formula is C21H27NO3. The highest BCUT2D eigenvalue weighted by Crippen LogP contribution is 2.24. The number of benzene rings is 2. The van der Waals surface area contributed by atoms with Crippen LogP contribution in [0.15, 0.2) is 36.4 Å². The molecule has 0 aliphatic rings. The van der Waals surface area contributed by atoms with Gasteiger partial charge in [-0.15, -0.1) is 0 Å². The summed E-state index contributed by atoms with van der Waals surface area (Å²) < 4.78 is 11.0. The zero-order valence-electron chi connectivity index (χ0n) is 15.5. The number of anilines is 1. The SMILES string of the molecule is CCOC(=O)Nc1cc(CC)ccc1COc1ccc(CC)cc1C. The van der Waals surface area contributed by atoms with Crippen molar-refractivity contribution in [1.29, 1.82) is 0 Å². The maximum atomic E-state index is 11.8. The molecule has 1 amide bonds. The van der Waals surface area contributed by atoms with Crippen molar-refractivity contribution in [3.8, 4) is 5.75 Å². The van der Waals surface area contributed by atoms with Crippen LogP contribution in [0.1, 0.15) is 43.0 Å². The van der Waals surface area contributed by atoms with E-state index in [2.05, 4.69) is 37.4 Å².